The normalized spacial score (nSPS) is 13.3. The molecule has 0 aliphatic carbocycles. The Balaban J connectivity index is 0.000000233. The predicted molar refractivity (Wildman–Crippen MR) is 181 cm³/mol. The minimum atomic E-state index is -4.65. The van der Waals surface area contributed by atoms with Crippen LogP contribution in [0.4, 0.5) is 37.8 Å². The van der Waals surface area contributed by atoms with Gasteiger partial charge < -0.3 is 14.5 Å². The van der Waals surface area contributed by atoms with Crippen molar-refractivity contribution in [2.24, 2.45) is 0 Å². The first-order valence-electron chi connectivity index (χ1n) is 16.2. The number of carbonyl (C=O) groups is 1. The first-order chi connectivity index (χ1) is 24.8. The summed E-state index contributed by atoms with van der Waals surface area (Å²) in [5.41, 5.74) is 1.21. The van der Waals surface area contributed by atoms with Gasteiger partial charge in [0, 0.05) is 63.9 Å². The maximum Gasteiger partial charge on any atom is 0.433 e. The lowest BCUT2D eigenvalue weighted by Crippen LogP contribution is -2.46. The second-order valence-corrected chi connectivity index (χ2v) is 11.6. The van der Waals surface area contributed by atoms with Gasteiger partial charge >= 0.3 is 18.3 Å². The smallest absolute Gasteiger partial charge is 0.433 e. The lowest BCUT2D eigenvalue weighted by atomic mass is 10.1. The number of esters is 1. The zero-order valence-electron chi connectivity index (χ0n) is 28.2. The molecule has 0 radical (unpaired) electrons. The third kappa shape index (κ3) is 11.2. The summed E-state index contributed by atoms with van der Waals surface area (Å²) in [5, 5.41) is 18.4. The van der Waals surface area contributed by atoms with Gasteiger partial charge in [0.1, 0.15) is 17.6 Å². The second-order valence-electron chi connectivity index (χ2n) is 11.6. The molecule has 2 aromatic heterocycles. The Labute approximate surface area is 297 Å². The fourth-order valence-electron chi connectivity index (χ4n) is 5.42. The van der Waals surface area contributed by atoms with Crippen molar-refractivity contribution in [3.63, 3.8) is 0 Å². The minimum Gasteiger partial charge on any atom is -0.466 e. The fraction of sp³-hybridized carbons (Fsp3) is 0.324. The Hall–Kier alpha value is -5.67. The Morgan fingerprint density at radius 3 is 2.25 bits per heavy atom. The maximum absolute atomic E-state index is 13.1. The van der Waals surface area contributed by atoms with E-state index in [1.807, 2.05) is 29.2 Å². The molecule has 2 aromatic carbocycles. The molecular formula is C37H35F6N7O2. The summed E-state index contributed by atoms with van der Waals surface area (Å²) in [4.78, 5) is 24.9. The molecule has 0 unspecified atom stereocenters. The summed E-state index contributed by atoms with van der Waals surface area (Å²) in [6, 6.07) is 22.3. The van der Waals surface area contributed by atoms with Crippen molar-refractivity contribution in [2.75, 3.05) is 49.1 Å². The van der Waals surface area contributed by atoms with Crippen LogP contribution in [-0.4, -0.2) is 60.2 Å². The molecule has 5 rings (SSSR count). The van der Waals surface area contributed by atoms with E-state index >= 15 is 0 Å². The maximum atomic E-state index is 13.1. The van der Waals surface area contributed by atoms with Gasteiger partial charge in [-0.25, -0.2) is 4.98 Å². The van der Waals surface area contributed by atoms with E-state index < -0.39 is 29.6 Å². The molecule has 4 aromatic rings. The van der Waals surface area contributed by atoms with Crippen molar-refractivity contribution in [1.82, 2.24) is 14.9 Å². The van der Waals surface area contributed by atoms with Crippen molar-refractivity contribution in [1.29, 1.82) is 10.5 Å². The largest absolute Gasteiger partial charge is 0.466 e. The number of nitrogens with zero attached hydrogens (tertiary/aromatic N) is 7. The fourth-order valence-corrected chi connectivity index (χ4v) is 5.42. The number of benzene rings is 2. The number of carbonyl (C=O) groups excluding carboxylic acids is 1. The van der Waals surface area contributed by atoms with Crippen LogP contribution in [0.2, 0.25) is 0 Å². The number of anilines is 2. The lowest BCUT2D eigenvalue weighted by Gasteiger charge is -2.36. The number of piperazine rings is 1. The van der Waals surface area contributed by atoms with Gasteiger partial charge in [-0.1, -0.05) is 30.3 Å². The van der Waals surface area contributed by atoms with E-state index in [-0.39, 0.29) is 37.5 Å². The molecule has 15 heteroatoms. The number of rotatable bonds is 10. The summed E-state index contributed by atoms with van der Waals surface area (Å²) in [5.74, 6) is -0.625. The Morgan fingerprint density at radius 1 is 0.885 bits per heavy atom. The van der Waals surface area contributed by atoms with Crippen molar-refractivity contribution in [3.05, 3.63) is 119 Å². The van der Waals surface area contributed by atoms with Crippen LogP contribution in [0.5, 0.6) is 0 Å². The van der Waals surface area contributed by atoms with Crippen LogP contribution in [-0.2, 0) is 35.0 Å². The van der Waals surface area contributed by atoms with E-state index in [2.05, 4.69) is 20.9 Å². The van der Waals surface area contributed by atoms with Crippen molar-refractivity contribution in [2.45, 2.75) is 38.8 Å². The zero-order valence-corrected chi connectivity index (χ0v) is 28.2. The molecule has 1 fully saturated rings. The van der Waals surface area contributed by atoms with Crippen LogP contribution >= 0.6 is 0 Å². The van der Waals surface area contributed by atoms with Crippen molar-refractivity contribution >= 4 is 17.5 Å². The topological polar surface area (TPSA) is 109 Å². The van der Waals surface area contributed by atoms with Crippen LogP contribution in [0.25, 0.3) is 0 Å². The quantitative estimate of drug-likeness (QED) is 0.124. The van der Waals surface area contributed by atoms with Crippen LogP contribution in [0.1, 0.15) is 46.9 Å². The number of aromatic nitrogens is 2. The Kier molecular flexibility index (Phi) is 13.5. The molecule has 0 atom stereocenters. The highest BCUT2D eigenvalue weighted by molar-refractivity contribution is 5.70. The first kappa shape index (κ1) is 39.1. The van der Waals surface area contributed by atoms with Crippen LogP contribution in [0, 0.1) is 22.7 Å². The number of ether oxygens (including phenoxy) is 1. The molecule has 1 aliphatic heterocycles. The van der Waals surface area contributed by atoms with Gasteiger partial charge in [-0.05, 0) is 60.5 Å². The third-order valence-corrected chi connectivity index (χ3v) is 8.02. The van der Waals surface area contributed by atoms with Gasteiger partial charge in [0.25, 0.3) is 0 Å². The van der Waals surface area contributed by atoms with Gasteiger partial charge in [-0.2, -0.15) is 36.9 Å². The van der Waals surface area contributed by atoms with Crippen LogP contribution in [0.15, 0.2) is 85.2 Å². The molecule has 3 heterocycles. The molecule has 272 valence electrons. The van der Waals surface area contributed by atoms with E-state index in [4.69, 9.17) is 10.00 Å². The van der Waals surface area contributed by atoms with E-state index in [0.29, 0.717) is 36.4 Å². The van der Waals surface area contributed by atoms with Gasteiger partial charge in [-0.15, -0.1) is 0 Å². The summed E-state index contributed by atoms with van der Waals surface area (Å²) in [6.07, 6.45) is -5.91. The highest BCUT2D eigenvalue weighted by Gasteiger charge is 2.34. The summed E-state index contributed by atoms with van der Waals surface area (Å²) < 4.78 is 82.6. The highest BCUT2D eigenvalue weighted by Crippen LogP contribution is 2.33. The lowest BCUT2D eigenvalue weighted by molar-refractivity contribution is -0.143. The predicted octanol–water partition coefficient (Wildman–Crippen LogP) is 7.23. The second kappa shape index (κ2) is 18.0. The van der Waals surface area contributed by atoms with E-state index in [0.717, 1.165) is 36.9 Å². The van der Waals surface area contributed by atoms with Crippen LogP contribution < -0.4 is 9.80 Å². The molecule has 1 aliphatic rings. The molecule has 52 heavy (non-hydrogen) atoms. The molecule has 0 bridgehead atoms. The molecular weight excluding hydrogens is 688 g/mol. The van der Waals surface area contributed by atoms with Crippen LogP contribution in [0.3, 0.4) is 0 Å². The van der Waals surface area contributed by atoms with Gasteiger partial charge in [0.15, 0.2) is 0 Å². The Bertz CT molecular complexity index is 1870. The van der Waals surface area contributed by atoms with Crippen molar-refractivity contribution < 1.29 is 35.9 Å². The third-order valence-electron chi connectivity index (χ3n) is 8.02. The average Bonchev–Trinajstić information content (AvgIpc) is 3.14. The standard InChI is InChI=1S/C19H18F3N3.C18H17F3N4O2/c20-19(21,22)17-6-3-7-18(12-17)25-10-8-24(9-11-25)14-16-5-2-1-4-15(16)13-23;1-2-27-16(26)7-9-25(12-13-4-3-8-23-11-13)17-14(10-22)5-6-15(24-17)18(19,20)21/h1-7,12H,8-11,14H2;3-6,8,11H,2,7,9,12H2,1H3. The minimum absolute atomic E-state index is 0.0178. The molecule has 0 spiro atoms. The first-order valence-corrected chi connectivity index (χ1v) is 16.2. The molecule has 0 N–H and O–H groups in total. The van der Waals surface area contributed by atoms with Gasteiger partial charge in [0.2, 0.25) is 0 Å². The summed E-state index contributed by atoms with van der Waals surface area (Å²) >= 11 is 0. The number of nitriles is 2. The molecule has 1 saturated heterocycles. The monoisotopic (exact) mass is 723 g/mol. The van der Waals surface area contributed by atoms with Crippen molar-refractivity contribution in [3.8, 4) is 12.1 Å². The highest BCUT2D eigenvalue weighted by atomic mass is 19.4. The number of hydrogen-bond donors (Lipinski definition) is 0. The molecule has 0 amide bonds. The molecule has 0 saturated carbocycles. The Morgan fingerprint density at radius 2 is 1.62 bits per heavy atom. The SMILES string of the molecule is CCOC(=O)CCN(Cc1cccnc1)c1nc(C(F)(F)F)ccc1C#N.N#Cc1ccccc1CN1CCN(c2cccc(C(F)(F)F)c2)CC1. The van der Waals surface area contributed by atoms with Gasteiger partial charge in [-0.3, -0.25) is 14.7 Å². The molecule has 9 nitrogen and oxygen atoms in total. The van der Waals surface area contributed by atoms with E-state index in [9.17, 15) is 36.4 Å². The number of pyridine rings is 2. The summed E-state index contributed by atoms with van der Waals surface area (Å²) in [7, 11) is 0. The number of hydrogen-bond acceptors (Lipinski definition) is 9. The van der Waals surface area contributed by atoms with E-state index in [1.54, 1.807) is 43.6 Å². The van der Waals surface area contributed by atoms with Gasteiger partial charge in [0.05, 0.1) is 35.8 Å². The number of halogens is 6. The number of alkyl halides is 6. The zero-order chi connectivity index (χ0) is 37.7. The van der Waals surface area contributed by atoms with E-state index in [1.165, 1.54) is 17.0 Å². The average molecular weight is 724 g/mol. The summed E-state index contributed by atoms with van der Waals surface area (Å²) in [6.45, 7) is 5.53.